The second kappa shape index (κ2) is 7.09. The second-order valence-electron chi connectivity index (χ2n) is 5.77. The van der Waals surface area contributed by atoms with E-state index in [-0.39, 0.29) is 11.8 Å². The maximum absolute atomic E-state index is 12.5. The Morgan fingerprint density at radius 3 is 2.54 bits per heavy atom. The molecule has 1 unspecified atom stereocenters. The standard InChI is InChI=1S/C17H17ClFNO3S/c18-16-5-2-1-4-15(16)17-6-3-11-20(17)12-13-7-9-14(10-8-13)23-24(19,21)22/h1-2,4-5,7-10,17H,3,6,11-12H2. The number of likely N-dealkylation sites (tertiary alicyclic amines) is 1. The number of rotatable bonds is 5. The third-order valence-electron chi connectivity index (χ3n) is 4.13. The lowest BCUT2D eigenvalue weighted by Gasteiger charge is -2.25. The zero-order valence-electron chi connectivity index (χ0n) is 12.9. The molecule has 1 atom stereocenters. The highest BCUT2D eigenvalue weighted by Crippen LogP contribution is 2.36. The third-order valence-corrected chi connectivity index (χ3v) is 4.87. The quantitative estimate of drug-likeness (QED) is 0.738. The van der Waals surface area contributed by atoms with Crippen molar-refractivity contribution < 1.29 is 16.5 Å². The topological polar surface area (TPSA) is 46.6 Å². The first-order valence-corrected chi connectivity index (χ1v) is 9.32. The van der Waals surface area contributed by atoms with Crippen LogP contribution < -0.4 is 4.18 Å². The van der Waals surface area contributed by atoms with E-state index in [2.05, 4.69) is 9.08 Å². The summed E-state index contributed by atoms with van der Waals surface area (Å²) < 4.78 is 37.7. The summed E-state index contributed by atoms with van der Waals surface area (Å²) in [5.74, 6) is -0.0367. The van der Waals surface area contributed by atoms with Crippen molar-refractivity contribution in [3.05, 3.63) is 64.7 Å². The molecule has 0 radical (unpaired) electrons. The molecule has 24 heavy (non-hydrogen) atoms. The van der Waals surface area contributed by atoms with Crippen LogP contribution >= 0.6 is 11.6 Å². The Hall–Kier alpha value is -1.63. The average molecular weight is 370 g/mol. The number of hydrogen-bond acceptors (Lipinski definition) is 4. The monoisotopic (exact) mass is 369 g/mol. The molecule has 1 aliphatic heterocycles. The van der Waals surface area contributed by atoms with Gasteiger partial charge >= 0.3 is 10.5 Å². The molecule has 1 aliphatic rings. The van der Waals surface area contributed by atoms with E-state index in [1.807, 2.05) is 24.3 Å². The van der Waals surface area contributed by atoms with Gasteiger partial charge in [-0.3, -0.25) is 4.90 Å². The van der Waals surface area contributed by atoms with Crippen molar-refractivity contribution in [3.8, 4) is 5.75 Å². The third kappa shape index (κ3) is 4.26. The molecule has 0 aliphatic carbocycles. The van der Waals surface area contributed by atoms with E-state index in [1.165, 1.54) is 12.1 Å². The highest BCUT2D eigenvalue weighted by atomic mass is 35.5. The Bertz CT molecular complexity index is 811. The molecule has 1 saturated heterocycles. The fourth-order valence-electron chi connectivity index (χ4n) is 3.11. The fourth-order valence-corrected chi connectivity index (χ4v) is 3.72. The largest absolute Gasteiger partial charge is 0.488 e. The maximum atomic E-state index is 12.5. The van der Waals surface area contributed by atoms with Crippen LogP contribution in [0, 0.1) is 0 Å². The SMILES string of the molecule is O=S(=O)(F)Oc1ccc(CN2CCCC2c2ccccc2Cl)cc1. The van der Waals surface area contributed by atoms with Crippen LogP contribution in [0.3, 0.4) is 0 Å². The van der Waals surface area contributed by atoms with Gasteiger partial charge in [0.15, 0.2) is 0 Å². The Kier molecular flexibility index (Phi) is 5.08. The summed E-state index contributed by atoms with van der Waals surface area (Å²) in [7, 11) is -4.99. The van der Waals surface area contributed by atoms with Crippen LogP contribution in [0.15, 0.2) is 48.5 Å². The van der Waals surface area contributed by atoms with Crippen LogP contribution in [0.4, 0.5) is 3.89 Å². The summed E-state index contributed by atoms with van der Waals surface area (Å²) in [6, 6.07) is 14.5. The van der Waals surface area contributed by atoms with Crippen molar-refractivity contribution in [1.29, 1.82) is 0 Å². The lowest BCUT2D eigenvalue weighted by molar-refractivity contribution is 0.248. The molecule has 4 nitrogen and oxygen atoms in total. The van der Waals surface area contributed by atoms with E-state index in [4.69, 9.17) is 11.6 Å². The van der Waals surface area contributed by atoms with Crippen LogP contribution in [0.5, 0.6) is 5.75 Å². The van der Waals surface area contributed by atoms with Gasteiger partial charge in [-0.2, -0.15) is 8.42 Å². The Labute approximate surface area is 146 Å². The van der Waals surface area contributed by atoms with Crippen molar-refractivity contribution >= 4 is 22.1 Å². The molecule has 0 aromatic heterocycles. The van der Waals surface area contributed by atoms with Crippen molar-refractivity contribution in [3.63, 3.8) is 0 Å². The molecule has 2 aromatic rings. The van der Waals surface area contributed by atoms with Crippen LogP contribution in [-0.2, 0) is 17.0 Å². The van der Waals surface area contributed by atoms with Crippen molar-refractivity contribution in [1.82, 2.24) is 4.90 Å². The Morgan fingerprint density at radius 1 is 1.17 bits per heavy atom. The molecule has 0 N–H and O–H groups in total. The van der Waals surface area contributed by atoms with Gasteiger partial charge in [0.25, 0.3) is 0 Å². The van der Waals surface area contributed by atoms with Gasteiger partial charge in [0.2, 0.25) is 0 Å². The molecule has 3 rings (SSSR count). The molecule has 2 aromatic carbocycles. The Balaban J connectivity index is 1.72. The molecule has 0 bridgehead atoms. The summed E-state index contributed by atoms with van der Waals surface area (Å²) in [6.45, 7) is 1.67. The van der Waals surface area contributed by atoms with Crippen molar-refractivity contribution in [2.45, 2.75) is 25.4 Å². The summed E-state index contributed by atoms with van der Waals surface area (Å²) in [5.41, 5.74) is 2.12. The van der Waals surface area contributed by atoms with Gasteiger partial charge in [-0.05, 0) is 48.7 Å². The first-order chi connectivity index (χ1) is 11.4. The van der Waals surface area contributed by atoms with E-state index in [9.17, 15) is 12.3 Å². The molecular weight excluding hydrogens is 353 g/mol. The molecule has 0 saturated carbocycles. The van der Waals surface area contributed by atoms with Crippen LogP contribution in [0.1, 0.15) is 30.0 Å². The van der Waals surface area contributed by atoms with Gasteiger partial charge < -0.3 is 4.18 Å². The van der Waals surface area contributed by atoms with Crippen molar-refractivity contribution in [2.75, 3.05) is 6.54 Å². The minimum absolute atomic E-state index is 0.0367. The molecule has 1 heterocycles. The molecule has 0 amide bonds. The van der Waals surface area contributed by atoms with Crippen LogP contribution in [0.25, 0.3) is 0 Å². The van der Waals surface area contributed by atoms with E-state index < -0.39 is 10.5 Å². The van der Waals surface area contributed by atoms with E-state index in [0.717, 1.165) is 35.5 Å². The lowest BCUT2D eigenvalue weighted by atomic mass is 10.0. The van der Waals surface area contributed by atoms with Gasteiger partial charge in [0, 0.05) is 17.6 Å². The first kappa shape index (κ1) is 17.2. The summed E-state index contributed by atoms with van der Waals surface area (Å²) >= 11 is 6.32. The molecule has 7 heteroatoms. The lowest BCUT2D eigenvalue weighted by Crippen LogP contribution is -2.23. The minimum Gasteiger partial charge on any atom is -0.358 e. The van der Waals surface area contributed by atoms with Crippen molar-refractivity contribution in [2.24, 2.45) is 0 Å². The highest BCUT2D eigenvalue weighted by Gasteiger charge is 2.27. The molecular formula is C17H17ClFNO3S. The minimum atomic E-state index is -4.99. The number of hydrogen-bond donors (Lipinski definition) is 0. The summed E-state index contributed by atoms with van der Waals surface area (Å²) in [5, 5.41) is 0.770. The predicted molar refractivity (Wildman–Crippen MR) is 90.9 cm³/mol. The van der Waals surface area contributed by atoms with E-state index >= 15 is 0 Å². The zero-order chi connectivity index (χ0) is 17.2. The Morgan fingerprint density at radius 2 is 1.88 bits per heavy atom. The van der Waals surface area contributed by atoms with Gasteiger partial charge in [-0.15, -0.1) is 0 Å². The average Bonchev–Trinajstić information content (AvgIpc) is 2.96. The number of halogens is 2. The summed E-state index contributed by atoms with van der Waals surface area (Å²) in [4.78, 5) is 2.34. The van der Waals surface area contributed by atoms with E-state index in [1.54, 1.807) is 12.1 Å². The molecule has 128 valence electrons. The second-order valence-corrected chi connectivity index (χ2v) is 7.13. The van der Waals surface area contributed by atoms with Gasteiger partial charge in [0.1, 0.15) is 5.75 Å². The number of benzene rings is 2. The highest BCUT2D eigenvalue weighted by molar-refractivity contribution is 7.81. The summed E-state index contributed by atoms with van der Waals surface area (Å²) in [6.07, 6.45) is 2.14. The first-order valence-electron chi connectivity index (χ1n) is 7.64. The van der Waals surface area contributed by atoms with E-state index in [0.29, 0.717) is 6.54 Å². The number of nitrogens with zero attached hydrogens (tertiary/aromatic N) is 1. The normalized spacial score (nSPS) is 18.7. The molecule has 0 spiro atoms. The van der Waals surface area contributed by atoms with Gasteiger partial charge in [-0.1, -0.05) is 45.8 Å². The molecule has 1 fully saturated rings. The maximum Gasteiger partial charge on any atom is 0.488 e. The predicted octanol–water partition coefficient (Wildman–Crippen LogP) is 4.27. The fraction of sp³-hybridized carbons (Fsp3) is 0.294. The van der Waals surface area contributed by atoms with Gasteiger partial charge in [-0.25, -0.2) is 0 Å². The zero-order valence-corrected chi connectivity index (χ0v) is 14.4. The van der Waals surface area contributed by atoms with Crippen LogP contribution in [0.2, 0.25) is 5.02 Å². The smallest absolute Gasteiger partial charge is 0.358 e. The van der Waals surface area contributed by atoms with Gasteiger partial charge in [0.05, 0.1) is 0 Å². The van der Waals surface area contributed by atoms with Crippen LogP contribution in [-0.4, -0.2) is 19.9 Å².